The van der Waals surface area contributed by atoms with Gasteiger partial charge in [-0.3, -0.25) is 0 Å². The molecule has 1 aliphatic heterocycles. The van der Waals surface area contributed by atoms with Crippen LogP contribution in [0.1, 0.15) is 22.6 Å². The van der Waals surface area contributed by atoms with Crippen molar-refractivity contribution >= 4 is 28.1 Å². The summed E-state index contributed by atoms with van der Waals surface area (Å²) in [6.45, 7) is 1.83. The van der Waals surface area contributed by atoms with E-state index in [2.05, 4.69) is 43.3 Å². The molecule has 3 rings (SSSR count). The molecule has 1 aromatic carbocycles. The molecule has 98 valence electrons. The number of fused-ring (bicyclic) bond motifs is 1. The van der Waals surface area contributed by atoms with Crippen molar-refractivity contribution in [3.05, 3.63) is 56.0 Å². The van der Waals surface area contributed by atoms with E-state index in [-0.39, 0.29) is 0 Å². The highest BCUT2D eigenvalue weighted by Gasteiger charge is 2.12. The number of aromatic nitrogens is 2. The highest BCUT2D eigenvalue weighted by Crippen LogP contribution is 2.16. The van der Waals surface area contributed by atoms with Crippen molar-refractivity contribution in [3.63, 3.8) is 0 Å². The molecule has 5 heteroatoms. The van der Waals surface area contributed by atoms with E-state index in [4.69, 9.17) is 12.2 Å². The molecule has 1 aliphatic rings. The maximum Gasteiger partial charge on any atom is 0.134 e. The van der Waals surface area contributed by atoms with Crippen molar-refractivity contribution in [1.29, 1.82) is 0 Å². The lowest BCUT2D eigenvalue weighted by molar-refractivity contribution is 0.619. The number of hydrogen-bond donors (Lipinski definition) is 2. The Kier molecular flexibility index (Phi) is 3.77. The molecule has 3 nitrogen and oxygen atoms in total. The van der Waals surface area contributed by atoms with Gasteiger partial charge in [0.2, 0.25) is 0 Å². The van der Waals surface area contributed by atoms with Gasteiger partial charge in [0.05, 0.1) is 0 Å². The molecule has 0 aliphatic carbocycles. The number of nitrogens with one attached hydrogen (secondary N) is 2. The fourth-order valence-electron chi connectivity index (χ4n) is 2.30. The molecule has 0 fully saturated rings. The molecule has 0 unspecified atom stereocenters. The van der Waals surface area contributed by atoms with Crippen LogP contribution in [0.2, 0.25) is 0 Å². The highest BCUT2D eigenvalue weighted by atomic mass is 79.9. The number of hydrogen-bond acceptors (Lipinski definition) is 3. The largest absolute Gasteiger partial charge is 0.346 e. The summed E-state index contributed by atoms with van der Waals surface area (Å²) in [5.74, 6) is 0.952. The second-order valence-corrected chi connectivity index (χ2v) is 5.98. The van der Waals surface area contributed by atoms with E-state index >= 15 is 0 Å². The van der Waals surface area contributed by atoms with Crippen LogP contribution in [0.5, 0.6) is 0 Å². The van der Waals surface area contributed by atoms with Gasteiger partial charge >= 0.3 is 0 Å². The van der Waals surface area contributed by atoms with E-state index < -0.39 is 0 Å². The molecule has 0 spiro atoms. The highest BCUT2D eigenvalue weighted by molar-refractivity contribution is 9.10. The first-order valence-corrected chi connectivity index (χ1v) is 7.48. The molecule has 2 heterocycles. The first kappa shape index (κ1) is 13.0. The van der Waals surface area contributed by atoms with Crippen molar-refractivity contribution in [2.45, 2.75) is 19.4 Å². The van der Waals surface area contributed by atoms with Gasteiger partial charge in [0.1, 0.15) is 10.5 Å². The quantitative estimate of drug-likeness (QED) is 0.828. The number of aromatic amines is 1. The molecule has 0 saturated carbocycles. The molecule has 0 radical (unpaired) electrons. The van der Waals surface area contributed by atoms with E-state index in [1.165, 1.54) is 11.3 Å². The van der Waals surface area contributed by atoms with E-state index in [1.807, 2.05) is 12.1 Å². The van der Waals surface area contributed by atoms with Gasteiger partial charge in [-0.05, 0) is 17.7 Å². The van der Waals surface area contributed by atoms with Crippen molar-refractivity contribution in [1.82, 2.24) is 15.3 Å². The van der Waals surface area contributed by atoms with Crippen LogP contribution in [-0.4, -0.2) is 16.5 Å². The molecule has 2 N–H and O–H groups in total. The Morgan fingerprint density at radius 1 is 1.26 bits per heavy atom. The maximum atomic E-state index is 5.38. The number of benzene rings is 1. The Labute approximate surface area is 125 Å². The minimum Gasteiger partial charge on any atom is -0.346 e. The van der Waals surface area contributed by atoms with Crippen LogP contribution in [0.3, 0.4) is 0 Å². The second-order valence-electron chi connectivity index (χ2n) is 4.68. The standard InChI is InChI=1S/C14H14BrN3S/c15-10-3-1-9(2-4-10)7-13-17-12-5-6-16-8-11(12)14(19)18-13/h1-4,16H,5-8H2,(H,17,18,19). The normalized spacial score (nSPS) is 14.2. The van der Waals surface area contributed by atoms with Crippen molar-refractivity contribution in [2.24, 2.45) is 0 Å². The number of halogens is 1. The van der Waals surface area contributed by atoms with Crippen molar-refractivity contribution in [3.8, 4) is 0 Å². The Hall–Kier alpha value is -1.04. The molecule has 0 bridgehead atoms. The van der Waals surface area contributed by atoms with Gasteiger partial charge in [-0.2, -0.15) is 0 Å². The summed E-state index contributed by atoms with van der Waals surface area (Å²) in [6.07, 6.45) is 1.78. The number of H-pyrrole nitrogens is 1. The predicted molar refractivity (Wildman–Crippen MR) is 81.8 cm³/mol. The van der Waals surface area contributed by atoms with Gasteiger partial charge in [0.25, 0.3) is 0 Å². The summed E-state index contributed by atoms with van der Waals surface area (Å²) in [4.78, 5) is 7.95. The van der Waals surface area contributed by atoms with Crippen LogP contribution in [-0.2, 0) is 19.4 Å². The van der Waals surface area contributed by atoms with Crippen molar-refractivity contribution < 1.29 is 0 Å². The van der Waals surface area contributed by atoms with Crippen LogP contribution in [0.15, 0.2) is 28.7 Å². The molecule has 0 saturated heterocycles. The first-order chi connectivity index (χ1) is 9.22. The number of nitrogens with zero attached hydrogens (tertiary/aromatic N) is 1. The third kappa shape index (κ3) is 2.94. The SMILES string of the molecule is S=c1nc(Cc2ccc(Br)cc2)[nH]c2c1CNCC2. The van der Waals surface area contributed by atoms with Crippen LogP contribution in [0.4, 0.5) is 0 Å². The van der Waals surface area contributed by atoms with Crippen LogP contribution >= 0.6 is 28.1 Å². The first-order valence-electron chi connectivity index (χ1n) is 6.28. The third-order valence-electron chi connectivity index (χ3n) is 3.29. The van der Waals surface area contributed by atoms with E-state index in [1.54, 1.807) is 0 Å². The summed E-state index contributed by atoms with van der Waals surface area (Å²) in [5, 5.41) is 3.33. The fourth-order valence-corrected chi connectivity index (χ4v) is 2.87. The lowest BCUT2D eigenvalue weighted by atomic mass is 10.1. The predicted octanol–water partition coefficient (Wildman–Crippen LogP) is 3.14. The summed E-state index contributed by atoms with van der Waals surface area (Å²) in [5.41, 5.74) is 3.63. The average molecular weight is 336 g/mol. The van der Waals surface area contributed by atoms with E-state index in [0.29, 0.717) is 0 Å². The zero-order chi connectivity index (χ0) is 13.2. The number of rotatable bonds is 2. The molecule has 0 amide bonds. The summed E-state index contributed by atoms with van der Waals surface area (Å²) in [6, 6.07) is 8.30. The topological polar surface area (TPSA) is 40.7 Å². The summed E-state index contributed by atoms with van der Waals surface area (Å²) < 4.78 is 1.82. The Balaban J connectivity index is 1.91. The second kappa shape index (κ2) is 5.53. The Morgan fingerprint density at radius 2 is 2.05 bits per heavy atom. The van der Waals surface area contributed by atoms with E-state index in [0.717, 1.165) is 46.4 Å². The molecular formula is C14H14BrN3S. The zero-order valence-electron chi connectivity index (χ0n) is 10.4. The molecule has 1 aromatic heterocycles. The van der Waals surface area contributed by atoms with Gasteiger partial charge in [-0.15, -0.1) is 0 Å². The minimum atomic E-state index is 0.730. The Bertz CT molecular complexity index is 649. The summed E-state index contributed by atoms with van der Waals surface area (Å²) >= 11 is 8.83. The van der Waals surface area contributed by atoms with Crippen LogP contribution in [0.25, 0.3) is 0 Å². The average Bonchev–Trinajstić information content (AvgIpc) is 2.42. The summed E-state index contributed by atoms with van der Waals surface area (Å²) in [7, 11) is 0. The maximum absolute atomic E-state index is 5.38. The molecular weight excluding hydrogens is 322 g/mol. The molecule has 2 aromatic rings. The van der Waals surface area contributed by atoms with Gasteiger partial charge in [-0.1, -0.05) is 40.3 Å². The molecule has 19 heavy (non-hydrogen) atoms. The van der Waals surface area contributed by atoms with Gasteiger partial charge in [-0.25, -0.2) is 4.98 Å². The van der Waals surface area contributed by atoms with Crippen LogP contribution in [0, 0.1) is 4.64 Å². The van der Waals surface area contributed by atoms with Gasteiger partial charge in [0, 0.05) is 41.7 Å². The van der Waals surface area contributed by atoms with Crippen molar-refractivity contribution in [2.75, 3.05) is 6.54 Å². The smallest absolute Gasteiger partial charge is 0.134 e. The van der Waals surface area contributed by atoms with Crippen LogP contribution < -0.4 is 5.32 Å². The lowest BCUT2D eigenvalue weighted by Crippen LogP contribution is -2.26. The van der Waals surface area contributed by atoms with Gasteiger partial charge < -0.3 is 10.3 Å². The third-order valence-corrected chi connectivity index (χ3v) is 4.16. The lowest BCUT2D eigenvalue weighted by Gasteiger charge is -2.17. The molecule has 0 atom stereocenters. The minimum absolute atomic E-state index is 0.730. The van der Waals surface area contributed by atoms with Gasteiger partial charge in [0.15, 0.2) is 0 Å². The Morgan fingerprint density at radius 3 is 2.84 bits per heavy atom. The zero-order valence-corrected chi connectivity index (χ0v) is 12.8. The fraction of sp³-hybridized carbons (Fsp3) is 0.286. The van der Waals surface area contributed by atoms with E-state index in [9.17, 15) is 0 Å². The monoisotopic (exact) mass is 335 g/mol.